The molecule has 0 heterocycles. The van der Waals surface area contributed by atoms with Crippen molar-refractivity contribution in [1.29, 1.82) is 0 Å². The lowest BCUT2D eigenvalue weighted by atomic mass is 10.2. The van der Waals surface area contributed by atoms with Gasteiger partial charge in [0.25, 0.3) is 0 Å². The number of carbonyl (C=O) groups excluding carboxylic acids is 3. The Bertz CT molecular complexity index is 1030. The third kappa shape index (κ3) is 9.11. The number of hydrogen-bond acceptors (Lipinski definition) is 7. The van der Waals surface area contributed by atoms with Crippen LogP contribution in [0.4, 0.5) is 5.69 Å². The number of anilines is 1. The fraction of sp³-hybridized carbons (Fsp3) is 0.273. The zero-order valence-electron chi connectivity index (χ0n) is 18.0. The van der Waals surface area contributed by atoms with Crippen molar-refractivity contribution in [2.45, 2.75) is 19.8 Å². The highest BCUT2D eigenvalue weighted by Crippen LogP contribution is 2.36. The molecule has 2 aromatic carbocycles. The normalized spacial score (nSPS) is 10.5. The van der Waals surface area contributed by atoms with E-state index in [2.05, 4.69) is 31.8 Å². The first-order valence-electron chi connectivity index (χ1n) is 9.85. The Morgan fingerprint density at radius 3 is 2.61 bits per heavy atom. The van der Waals surface area contributed by atoms with Crippen molar-refractivity contribution in [3.8, 4) is 11.5 Å². The van der Waals surface area contributed by atoms with Crippen LogP contribution in [0.25, 0.3) is 0 Å². The summed E-state index contributed by atoms with van der Waals surface area (Å²) >= 11 is 9.24. The maximum Gasteiger partial charge on any atom is 0.344 e. The quantitative estimate of drug-likeness (QED) is 0.254. The SMILES string of the molecule is CCOC(=O)COc1c(Br)cc(C=NNC(=O)CCC(=O)Nc2cccc(Cl)c2)cc1OC. The predicted molar refractivity (Wildman–Crippen MR) is 128 cm³/mol. The highest BCUT2D eigenvalue weighted by Gasteiger charge is 2.14. The topological polar surface area (TPSA) is 115 Å². The van der Waals surface area contributed by atoms with E-state index in [9.17, 15) is 14.4 Å². The fourth-order valence-corrected chi connectivity index (χ4v) is 3.30. The van der Waals surface area contributed by atoms with Gasteiger partial charge < -0.3 is 19.5 Å². The number of esters is 1. The van der Waals surface area contributed by atoms with Crippen molar-refractivity contribution in [3.63, 3.8) is 0 Å². The summed E-state index contributed by atoms with van der Waals surface area (Å²) in [5, 5.41) is 7.06. The van der Waals surface area contributed by atoms with Crippen molar-refractivity contribution in [2.24, 2.45) is 5.10 Å². The van der Waals surface area contributed by atoms with E-state index in [1.54, 1.807) is 43.3 Å². The van der Waals surface area contributed by atoms with E-state index in [0.29, 0.717) is 32.2 Å². The van der Waals surface area contributed by atoms with E-state index in [4.69, 9.17) is 25.8 Å². The van der Waals surface area contributed by atoms with Crippen molar-refractivity contribution in [1.82, 2.24) is 5.43 Å². The Morgan fingerprint density at radius 2 is 1.91 bits per heavy atom. The number of halogens is 2. The lowest BCUT2D eigenvalue weighted by Gasteiger charge is -2.13. The maximum atomic E-state index is 12.0. The highest BCUT2D eigenvalue weighted by molar-refractivity contribution is 9.10. The maximum absolute atomic E-state index is 12.0. The van der Waals surface area contributed by atoms with Crippen LogP contribution in [0.3, 0.4) is 0 Å². The number of amides is 2. The molecule has 2 rings (SSSR count). The molecule has 0 aromatic heterocycles. The number of nitrogens with one attached hydrogen (secondary N) is 2. The number of nitrogens with zero attached hydrogens (tertiary/aromatic N) is 1. The molecule has 11 heteroatoms. The molecule has 0 aliphatic rings. The van der Waals surface area contributed by atoms with E-state index in [1.807, 2.05) is 0 Å². The van der Waals surface area contributed by atoms with Gasteiger partial charge in [-0.25, -0.2) is 10.2 Å². The molecule has 0 atom stereocenters. The molecule has 9 nitrogen and oxygen atoms in total. The molecular weight excluding hydrogens is 518 g/mol. The van der Waals surface area contributed by atoms with Crippen LogP contribution in [-0.2, 0) is 19.1 Å². The van der Waals surface area contributed by atoms with Gasteiger partial charge in [0, 0.05) is 23.6 Å². The molecule has 0 unspecified atom stereocenters. The molecule has 176 valence electrons. The molecule has 0 radical (unpaired) electrons. The number of rotatable bonds is 11. The van der Waals surface area contributed by atoms with E-state index in [1.165, 1.54) is 13.3 Å². The number of methoxy groups -OCH3 is 1. The second kappa shape index (κ2) is 13.4. The van der Waals surface area contributed by atoms with Gasteiger partial charge >= 0.3 is 5.97 Å². The summed E-state index contributed by atoms with van der Waals surface area (Å²) < 4.78 is 16.1. The lowest BCUT2D eigenvalue weighted by molar-refractivity contribution is -0.145. The Labute approximate surface area is 204 Å². The van der Waals surface area contributed by atoms with Crippen molar-refractivity contribution in [2.75, 3.05) is 25.6 Å². The first-order valence-corrected chi connectivity index (χ1v) is 11.0. The van der Waals surface area contributed by atoms with Crippen LogP contribution < -0.4 is 20.2 Å². The monoisotopic (exact) mass is 539 g/mol. The van der Waals surface area contributed by atoms with Crippen LogP contribution in [0.15, 0.2) is 46.0 Å². The van der Waals surface area contributed by atoms with E-state index < -0.39 is 11.9 Å². The van der Waals surface area contributed by atoms with E-state index in [-0.39, 0.29) is 32.0 Å². The summed E-state index contributed by atoms with van der Waals surface area (Å²) in [6, 6.07) is 10.0. The van der Waals surface area contributed by atoms with Gasteiger partial charge in [-0.3, -0.25) is 9.59 Å². The standard InChI is InChI=1S/C22H23BrClN3O6/c1-3-32-21(30)13-33-22-17(23)9-14(10-18(22)31-2)12-25-27-20(29)8-7-19(28)26-16-6-4-5-15(24)11-16/h4-6,9-12H,3,7-8,13H2,1-2H3,(H,26,28)(H,27,29). The summed E-state index contributed by atoms with van der Waals surface area (Å²) in [7, 11) is 1.45. The van der Waals surface area contributed by atoms with E-state index in [0.717, 1.165) is 0 Å². The third-order valence-electron chi connectivity index (χ3n) is 3.98. The van der Waals surface area contributed by atoms with Crippen molar-refractivity contribution < 1.29 is 28.6 Å². The van der Waals surface area contributed by atoms with Crippen molar-refractivity contribution in [3.05, 3.63) is 51.5 Å². The summed E-state index contributed by atoms with van der Waals surface area (Å²) in [5.74, 6) is -0.547. The van der Waals surface area contributed by atoms with Crippen LogP contribution in [0.2, 0.25) is 5.02 Å². The van der Waals surface area contributed by atoms with Gasteiger partial charge in [-0.2, -0.15) is 5.10 Å². The van der Waals surface area contributed by atoms with Gasteiger partial charge in [-0.15, -0.1) is 0 Å². The van der Waals surface area contributed by atoms with Crippen LogP contribution in [0.5, 0.6) is 11.5 Å². The van der Waals surface area contributed by atoms with Gasteiger partial charge in [0.2, 0.25) is 11.8 Å². The molecule has 0 saturated heterocycles. The Hall–Kier alpha value is -3.11. The molecule has 2 aromatic rings. The Morgan fingerprint density at radius 1 is 1.15 bits per heavy atom. The van der Waals surface area contributed by atoms with Crippen LogP contribution in [-0.4, -0.2) is 44.3 Å². The predicted octanol–water partition coefficient (Wildman–Crippen LogP) is 3.92. The molecule has 0 aliphatic carbocycles. The second-order valence-corrected chi connectivity index (χ2v) is 7.77. The average Bonchev–Trinajstić information content (AvgIpc) is 2.77. The van der Waals surface area contributed by atoms with Crippen molar-refractivity contribution >= 4 is 57.2 Å². The van der Waals surface area contributed by atoms with Gasteiger partial charge in [0.1, 0.15) is 0 Å². The third-order valence-corrected chi connectivity index (χ3v) is 4.81. The zero-order valence-corrected chi connectivity index (χ0v) is 20.4. The first kappa shape index (κ1) is 26.1. The molecular formula is C22H23BrClN3O6. The van der Waals surface area contributed by atoms with Crippen LogP contribution in [0.1, 0.15) is 25.3 Å². The molecule has 0 aliphatic heterocycles. The lowest BCUT2D eigenvalue weighted by Crippen LogP contribution is -2.20. The fourth-order valence-electron chi connectivity index (χ4n) is 2.54. The van der Waals surface area contributed by atoms with Crippen LogP contribution in [0, 0.1) is 0 Å². The number of carbonyl (C=O) groups is 3. The minimum Gasteiger partial charge on any atom is -0.493 e. The second-order valence-electron chi connectivity index (χ2n) is 6.48. The smallest absolute Gasteiger partial charge is 0.344 e. The minimum absolute atomic E-state index is 0.0141. The largest absolute Gasteiger partial charge is 0.493 e. The highest BCUT2D eigenvalue weighted by atomic mass is 79.9. The molecule has 0 fully saturated rings. The molecule has 33 heavy (non-hydrogen) atoms. The zero-order chi connectivity index (χ0) is 24.2. The average molecular weight is 541 g/mol. The molecule has 2 N–H and O–H groups in total. The number of benzene rings is 2. The minimum atomic E-state index is -0.499. The first-order chi connectivity index (χ1) is 15.8. The molecule has 2 amide bonds. The molecule has 0 bridgehead atoms. The summed E-state index contributed by atoms with van der Waals surface area (Å²) in [4.78, 5) is 35.4. The summed E-state index contributed by atoms with van der Waals surface area (Å²) in [6.07, 6.45) is 1.35. The van der Waals surface area contributed by atoms with Gasteiger partial charge in [0.15, 0.2) is 18.1 Å². The van der Waals surface area contributed by atoms with Gasteiger partial charge in [-0.1, -0.05) is 17.7 Å². The van der Waals surface area contributed by atoms with E-state index >= 15 is 0 Å². The summed E-state index contributed by atoms with van der Waals surface area (Å²) in [6.45, 7) is 1.70. The Kier molecular flexibility index (Phi) is 10.6. The van der Waals surface area contributed by atoms with Gasteiger partial charge in [-0.05, 0) is 58.7 Å². The number of hydrogen-bond donors (Lipinski definition) is 2. The number of hydrazone groups is 1. The van der Waals surface area contributed by atoms with Crippen LogP contribution >= 0.6 is 27.5 Å². The van der Waals surface area contributed by atoms with Gasteiger partial charge in [0.05, 0.1) is 24.4 Å². The molecule has 0 saturated carbocycles. The number of ether oxygens (including phenoxy) is 3. The molecule has 0 spiro atoms. The Balaban J connectivity index is 1.86. The summed E-state index contributed by atoms with van der Waals surface area (Å²) in [5.41, 5.74) is 3.52.